The SMILES string of the molecule is Fc1c(OC(F)F)cccc1-c1ccccc1C(F)(F)F. The van der Waals surface area contributed by atoms with Crippen molar-refractivity contribution in [3.8, 4) is 16.9 Å². The molecular weight excluding hydrogens is 298 g/mol. The summed E-state index contributed by atoms with van der Waals surface area (Å²) in [6.07, 6.45) is -4.69. The van der Waals surface area contributed by atoms with E-state index in [1.54, 1.807) is 0 Å². The maximum Gasteiger partial charge on any atom is 0.417 e. The van der Waals surface area contributed by atoms with E-state index in [-0.39, 0.29) is 0 Å². The molecule has 2 aromatic carbocycles. The maximum atomic E-state index is 14.1. The summed E-state index contributed by atoms with van der Waals surface area (Å²) >= 11 is 0. The Morgan fingerprint density at radius 1 is 0.857 bits per heavy atom. The van der Waals surface area contributed by atoms with Crippen LogP contribution in [0.4, 0.5) is 26.3 Å². The van der Waals surface area contributed by atoms with Crippen molar-refractivity contribution in [3.05, 3.63) is 53.8 Å². The van der Waals surface area contributed by atoms with E-state index in [4.69, 9.17) is 0 Å². The molecule has 2 rings (SSSR count). The molecule has 1 nitrogen and oxygen atoms in total. The molecule has 112 valence electrons. The second-order valence-electron chi connectivity index (χ2n) is 4.04. The fraction of sp³-hybridized carbons (Fsp3) is 0.143. The van der Waals surface area contributed by atoms with Gasteiger partial charge < -0.3 is 4.74 Å². The molecule has 0 unspecified atom stereocenters. The maximum absolute atomic E-state index is 14.1. The molecule has 0 aliphatic rings. The van der Waals surface area contributed by atoms with Crippen LogP contribution in [0.3, 0.4) is 0 Å². The van der Waals surface area contributed by atoms with Gasteiger partial charge in [-0.05, 0) is 17.7 Å². The number of rotatable bonds is 3. The van der Waals surface area contributed by atoms with E-state index in [1.807, 2.05) is 0 Å². The van der Waals surface area contributed by atoms with Crippen LogP contribution in [0.15, 0.2) is 42.5 Å². The first-order chi connectivity index (χ1) is 9.80. The highest BCUT2D eigenvalue weighted by molar-refractivity contribution is 5.70. The van der Waals surface area contributed by atoms with Crippen molar-refractivity contribution in [2.24, 2.45) is 0 Å². The Hall–Kier alpha value is -2.18. The Labute approximate surface area is 115 Å². The molecule has 0 aliphatic carbocycles. The highest BCUT2D eigenvalue weighted by Gasteiger charge is 2.34. The van der Waals surface area contributed by atoms with Crippen LogP contribution < -0.4 is 4.74 Å². The molecule has 2 aromatic rings. The van der Waals surface area contributed by atoms with Gasteiger partial charge in [0.25, 0.3) is 0 Å². The Balaban J connectivity index is 2.58. The van der Waals surface area contributed by atoms with E-state index in [2.05, 4.69) is 4.74 Å². The lowest BCUT2D eigenvalue weighted by molar-refractivity contribution is -0.137. The molecule has 0 atom stereocenters. The Bertz CT molecular complexity index is 636. The van der Waals surface area contributed by atoms with Gasteiger partial charge in [0.1, 0.15) is 0 Å². The first kappa shape index (κ1) is 15.2. The molecular formula is C14H8F6O. The second kappa shape index (κ2) is 5.67. The summed E-state index contributed by atoms with van der Waals surface area (Å²) in [5, 5.41) is 0. The van der Waals surface area contributed by atoms with Gasteiger partial charge in [-0.2, -0.15) is 22.0 Å². The van der Waals surface area contributed by atoms with Gasteiger partial charge in [0, 0.05) is 5.56 Å². The van der Waals surface area contributed by atoms with Gasteiger partial charge in [-0.3, -0.25) is 0 Å². The van der Waals surface area contributed by atoms with Crippen LogP contribution in [0.1, 0.15) is 5.56 Å². The predicted octanol–water partition coefficient (Wildman–Crippen LogP) is 5.11. The number of ether oxygens (including phenoxy) is 1. The third kappa shape index (κ3) is 3.29. The van der Waals surface area contributed by atoms with E-state index >= 15 is 0 Å². The summed E-state index contributed by atoms with van der Waals surface area (Å²) < 4.78 is 81.0. The van der Waals surface area contributed by atoms with Crippen LogP contribution in [-0.2, 0) is 6.18 Å². The predicted molar refractivity (Wildman–Crippen MR) is 63.5 cm³/mol. The molecule has 7 heteroatoms. The van der Waals surface area contributed by atoms with Gasteiger partial charge in [-0.25, -0.2) is 4.39 Å². The van der Waals surface area contributed by atoms with E-state index in [1.165, 1.54) is 6.07 Å². The minimum absolute atomic E-state index is 0.442. The zero-order chi connectivity index (χ0) is 15.6. The van der Waals surface area contributed by atoms with Crippen LogP contribution >= 0.6 is 0 Å². The number of hydrogen-bond donors (Lipinski definition) is 0. The molecule has 0 heterocycles. The van der Waals surface area contributed by atoms with Crippen LogP contribution in [0.5, 0.6) is 5.75 Å². The number of hydrogen-bond acceptors (Lipinski definition) is 1. The van der Waals surface area contributed by atoms with Crippen molar-refractivity contribution in [1.29, 1.82) is 0 Å². The minimum atomic E-state index is -4.69. The molecule has 0 fully saturated rings. The lowest BCUT2D eigenvalue weighted by Crippen LogP contribution is -2.08. The Morgan fingerprint density at radius 2 is 1.48 bits per heavy atom. The summed E-state index contributed by atoms with van der Waals surface area (Å²) in [6.45, 7) is -3.27. The fourth-order valence-corrected chi connectivity index (χ4v) is 1.87. The first-order valence-electron chi connectivity index (χ1n) is 5.70. The Morgan fingerprint density at radius 3 is 2.10 bits per heavy atom. The summed E-state index contributed by atoms with van der Waals surface area (Å²) in [5.74, 6) is -2.08. The summed E-state index contributed by atoms with van der Waals surface area (Å²) in [5.41, 5.74) is -1.96. The van der Waals surface area contributed by atoms with Crippen molar-refractivity contribution in [3.63, 3.8) is 0 Å². The minimum Gasteiger partial charge on any atom is -0.432 e. The van der Waals surface area contributed by atoms with Gasteiger partial charge in [0.2, 0.25) is 0 Å². The van der Waals surface area contributed by atoms with Gasteiger partial charge in [0.15, 0.2) is 11.6 Å². The third-order valence-corrected chi connectivity index (χ3v) is 2.70. The quantitative estimate of drug-likeness (QED) is 0.716. The molecule has 0 radical (unpaired) electrons. The van der Waals surface area contributed by atoms with Crippen LogP contribution in [0.2, 0.25) is 0 Å². The lowest BCUT2D eigenvalue weighted by atomic mass is 9.98. The zero-order valence-corrected chi connectivity index (χ0v) is 10.3. The molecule has 0 saturated carbocycles. The van der Waals surface area contributed by atoms with E-state index in [0.29, 0.717) is 0 Å². The molecule has 0 aromatic heterocycles. The molecule has 21 heavy (non-hydrogen) atoms. The van der Waals surface area contributed by atoms with Gasteiger partial charge >= 0.3 is 12.8 Å². The number of alkyl halides is 5. The van der Waals surface area contributed by atoms with Crippen molar-refractivity contribution in [1.82, 2.24) is 0 Å². The first-order valence-corrected chi connectivity index (χ1v) is 5.70. The molecule has 0 amide bonds. The average molecular weight is 306 g/mol. The molecule has 0 spiro atoms. The molecule has 0 aliphatic heterocycles. The number of benzene rings is 2. The monoisotopic (exact) mass is 306 g/mol. The van der Waals surface area contributed by atoms with Crippen molar-refractivity contribution < 1.29 is 31.1 Å². The summed E-state index contributed by atoms with van der Waals surface area (Å²) in [7, 11) is 0. The normalized spacial score (nSPS) is 11.8. The van der Waals surface area contributed by atoms with Crippen molar-refractivity contribution >= 4 is 0 Å². The van der Waals surface area contributed by atoms with Crippen molar-refractivity contribution in [2.45, 2.75) is 12.8 Å². The lowest BCUT2D eigenvalue weighted by Gasteiger charge is -2.14. The summed E-state index contributed by atoms with van der Waals surface area (Å²) in [6, 6.07) is 7.43. The van der Waals surface area contributed by atoms with Crippen LogP contribution in [0.25, 0.3) is 11.1 Å². The van der Waals surface area contributed by atoms with E-state index < -0.39 is 41.0 Å². The number of halogens is 6. The standard InChI is InChI=1S/C14H8F6O/c15-12-9(5-3-7-11(12)21-13(16)17)8-4-1-2-6-10(8)14(18,19)20/h1-7,13H. The molecule has 0 bridgehead atoms. The van der Waals surface area contributed by atoms with Gasteiger partial charge in [-0.15, -0.1) is 0 Å². The molecule has 0 N–H and O–H groups in total. The largest absolute Gasteiger partial charge is 0.432 e. The van der Waals surface area contributed by atoms with Gasteiger partial charge in [0.05, 0.1) is 5.56 Å². The topological polar surface area (TPSA) is 9.23 Å². The smallest absolute Gasteiger partial charge is 0.417 e. The van der Waals surface area contributed by atoms with E-state index in [9.17, 15) is 26.3 Å². The Kier molecular flexibility index (Phi) is 4.11. The van der Waals surface area contributed by atoms with Crippen LogP contribution in [0, 0.1) is 5.82 Å². The van der Waals surface area contributed by atoms with Crippen LogP contribution in [-0.4, -0.2) is 6.61 Å². The van der Waals surface area contributed by atoms with Crippen molar-refractivity contribution in [2.75, 3.05) is 0 Å². The second-order valence-corrected chi connectivity index (χ2v) is 4.04. The third-order valence-electron chi connectivity index (χ3n) is 2.70. The summed E-state index contributed by atoms with van der Waals surface area (Å²) in [4.78, 5) is 0. The van der Waals surface area contributed by atoms with E-state index in [0.717, 1.165) is 36.4 Å². The molecule has 0 saturated heterocycles. The zero-order valence-electron chi connectivity index (χ0n) is 10.3. The van der Waals surface area contributed by atoms with Gasteiger partial charge in [-0.1, -0.05) is 30.3 Å². The highest BCUT2D eigenvalue weighted by atomic mass is 19.4. The average Bonchev–Trinajstić information content (AvgIpc) is 2.40. The highest BCUT2D eigenvalue weighted by Crippen LogP contribution is 2.39. The fourth-order valence-electron chi connectivity index (χ4n) is 1.87.